The number of nitrogens with zero attached hydrogens (tertiary/aromatic N) is 3. The Morgan fingerprint density at radius 1 is 1.04 bits per heavy atom. The highest BCUT2D eigenvalue weighted by molar-refractivity contribution is 7.14. The van der Waals surface area contributed by atoms with Gasteiger partial charge in [0.05, 0.1) is 12.0 Å². The Morgan fingerprint density at radius 2 is 1.82 bits per heavy atom. The molecule has 2 aromatic rings. The van der Waals surface area contributed by atoms with Crippen LogP contribution in [-0.4, -0.2) is 61.4 Å². The summed E-state index contributed by atoms with van der Waals surface area (Å²) < 4.78 is 5.31. The van der Waals surface area contributed by atoms with Gasteiger partial charge in [0.1, 0.15) is 5.75 Å². The molecular formula is C21H25N3O3S. The molecule has 0 atom stereocenters. The van der Waals surface area contributed by atoms with Gasteiger partial charge < -0.3 is 19.4 Å². The summed E-state index contributed by atoms with van der Waals surface area (Å²) in [6, 6.07) is 10.0. The fraction of sp³-hybridized carbons (Fsp3) is 0.429. The van der Waals surface area contributed by atoms with E-state index in [1.54, 1.807) is 25.4 Å². The number of anilines is 1. The minimum absolute atomic E-state index is 0.0957. The zero-order valence-corrected chi connectivity index (χ0v) is 17.1. The third-order valence-corrected chi connectivity index (χ3v) is 6.73. The number of piperazine rings is 1. The van der Waals surface area contributed by atoms with E-state index >= 15 is 0 Å². The van der Waals surface area contributed by atoms with Crippen molar-refractivity contribution in [1.29, 1.82) is 0 Å². The van der Waals surface area contributed by atoms with Crippen molar-refractivity contribution in [2.45, 2.75) is 19.9 Å². The van der Waals surface area contributed by atoms with Crippen molar-refractivity contribution in [3.05, 3.63) is 45.6 Å². The van der Waals surface area contributed by atoms with Crippen LogP contribution in [0, 0.1) is 0 Å². The summed E-state index contributed by atoms with van der Waals surface area (Å²) >= 11 is 1.59. The second kappa shape index (κ2) is 7.83. The number of fused-ring (bicyclic) bond motifs is 1. The lowest BCUT2D eigenvalue weighted by Gasteiger charge is -2.36. The van der Waals surface area contributed by atoms with Gasteiger partial charge in [-0.2, -0.15) is 0 Å². The van der Waals surface area contributed by atoms with E-state index in [1.165, 1.54) is 4.88 Å². The maximum atomic E-state index is 13.0. The van der Waals surface area contributed by atoms with Crippen molar-refractivity contribution in [2.24, 2.45) is 0 Å². The van der Waals surface area contributed by atoms with Gasteiger partial charge in [-0.25, -0.2) is 0 Å². The molecule has 1 fully saturated rings. The predicted octanol–water partition coefficient (Wildman–Crippen LogP) is 2.62. The summed E-state index contributed by atoms with van der Waals surface area (Å²) in [5.41, 5.74) is 2.26. The SMILES string of the molecule is COc1cccc(N2CCN(C(=O)c3cc4c(s3)CCN(C(C)=O)C4)CC2)c1. The third-order valence-electron chi connectivity index (χ3n) is 5.51. The first-order valence-electron chi connectivity index (χ1n) is 9.60. The fourth-order valence-corrected chi connectivity index (χ4v) is 4.97. The molecule has 4 rings (SSSR count). The van der Waals surface area contributed by atoms with Crippen molar-refractivity contribution in [2.75, 3.05) is 44.7 Å². The van der Waals surface area contributed by atoms with Crippen LogP contribution < -0.4 is 9.64 Å². The first-order chi connectivity index (χ1) is 13.5. The van der Waals surface area contributed by atoms with Crippen LogP contribution >= 0.6 is 11.3 Å². The molecule has 0 saturated carbocycles. The Balaban J connectivity index is 1.40. The normalized spacial score (nSPS) is 16.7. The number of ether oxygens (including phenoxy) is 1. The van der Waals surface area contributed by atoms with Crippen molar-refractivity contribution >= 4 is 28.8 Å². The second-order valence-corrected chi connectivity index (χ2v) is 8.37. The second-order valence-electron chi connectivity index (χ2n) is 7.23. The quantitative estimate of drug-likeness (QED) is 0.796. The van der Waals surface area contributed by atoms with Gasteiger partial charge in [-0.15, -0.1) is 11.3 Å². The van der Waals surface area contributed by atoms with Gasteiger partial charge in [-0.05, 0) is 30.2 Å². The number of carbonyl (C=O) groups excluding carboxylic acids is 2. The molecule has 2 aliphatic heterocycles. The van der Waals surface area contributed by atoms with Crippen molar-refractivity contribution in [1.82, 2.24) is 9.80 Å². The summed E-state index contributed by atoms with van der Waals surface area (Å²) in [5.74, 6) is 1.05. The van der Waals surface area contributed by atoms with E-state index in [0.717, 1.165) is 47.9 Å². The van der Waals surface area contributed by atoms with Crippen LogP contribution in [0.15, 0.2) is 30.3 Å². The number of methoxy groups -OCH3 is 1. The van der Waals surface area contributed by atoms with Crippen LogP contribution in [-0.2, 0) is 17.8 Å². The van der Waals surface area contributed by atoms with E-state index in [0.29, 0.717) is 19.6 Å². The van der Waals surface area contributed by atoms with Gasteiger partial charge in [-0.1, -0.05) is 6.07 Å². The number of hydrogen-bond acceptors (Lipinski definition) is 5. The molecule has 1 aromatic heterocycles. The van der Waals surface area contributed by atoms with Gasteiger partial charge in [0.15, 0.2) is 0 Å². The van der Waals surface area contributed by atoms with Crippen LogP contribution in [0.25, 0.3) is 0 Å². The number of amides is 2. The lowest BCUT2D eigenvalue weighted by atomic mass is 10.1. The van der Waals surface area contributed by atoms with Gasteiger partial charge in [0.25, 0.3) is 5.91 Å². The van der Waals surface area contributed by atoms with Crippen molar-refractivity contribution < 1.29 is 14.3 Å². The first-order valence-corrected chi connectivity index (χ1v) is 10.4. The van der Waals surface area contributed by atoms with Crippen molar-refractivity contribution in [3.8, 4) is 5.75 Å². The average molecular weight is 400 g/mol. The van der Waals surface area contributed by atoms with E-state index in [1.807, 2.05) is 34.1 Å². The molecule has 6 nitrogen and oxygen atoms in total. The molecule has 3 heterocycles. The molecule has 0 N–H and O–H groups in total. The summed E-state index contributed by atoms with van der Waals surface area (Å²) in [6.45, 7) is 6.00. The summed E-state index contributed by atoms with van der Waals surface area (Å²) in [4.78, 5) is 32.7. The van der Waals surface area contributed by atoms with Gasteiger partial charge in [-0.3, -0.25) is 9.59 Å². The molecule has 0 spiro atoms. The molecule has 0 radical (unpaired) electrons. The lowest BCUT2D eigenvalue weighted by Crippen LogP contribution is -2.48. The Labute approximate surface area is 169 Å². The van der Waals surface area contributed by atoms with E-state index in [2.05, 4.69) is 11.0 Å². The summed E-state index contributed by atoms with van der Waals surface area (Å²) in [7, 11) is 1.67. The average Bonchev–Trinajstić information content (AvgIpc) is 3.16. The van der Waals surface area contributed by atoms with Crippen LogP contribution in [0.5, 0.6) is 5.75 Å². The molecule has 2 amide bonds. The summed E-state index contributed by atoms with van der Waals surface area (Å²) in [6.07, 6.45) is 0.844. The molecule has 0 bridgehead atoms. The number of rotatable bonds is 3. The molecule has 1 saturated heterocycles. The van der Waals surface area contributed by atoms with Crippen LogP contribution in [0.2, 0.25) is 0 Å². The zero-order valence-electron chi connectivity index (χ0n) is 16.3. The molecule has 0 unspecified atom stereocenters. The number of carbonyl (C=O) groups is 2. The monoisotopic (exact) mass is 399 g/mol. The van der Waals surface area contributed by atoms with Gasteiger partial charge in [0.2, 0.25) is 5.91 Å². The first kappa shape index (κ1) is 18.8. The third kappa shape index (κ3) is 3.71. The Morgan fingerprint density at radius 3 is 2.54 bits per heavy atom. The van der Waals surface area contributed by atoms with Crippen LogP contribution in [0.4, 0.5) is 5.69 Å². The molecule has 148 valence electrons. The highest BCUT2D eigenvalue weighted by atomic mass is 32.1. The topological polar surface area (TPSA) is 53.1 Å². The minimum Gasteiger partial charge on any atom is -0.497 e. The lowest BCUT2D eigenvalue weighted by molar-refractivity contribution is -0.129. The minimum atomic E-state index is 0.0957. The maximum Gasteiger partial charge on any atom is 0.264 e. The highest BCUT2D eigenvalue weighted by Crippen LogP contribution is 2.30. The van der Waals surface area contributed by atoms with Crippen molar-refractivity contribution in [3.63, 3.8) is 0 Å². The van der Waals surface area contributed by atoms with Crippen LogP contribution in [0.1, 0.15) is 27.0 Å². The van der Waals surface area contributed by atoms with E-state index in [4.69, 9.17) is 4.74 Å². The fourth-order valence-electron chi connectivity index (χ4n) is 3.84. The number of thiophene rings is 1. The zero-order chi connectivity index (χ0) is 19.7. The van der Waals surface area contributed by atoms with E-state index in [9.17, 15) is 9.59 Å². The molecular weight excluding hydrogens is 374 g/mol. The largest absolute Gasteiger partial charge is 0.497 e. The number of benzene rings is 1. The van der Waals surface area contributed by atoms with Gasteiger partial charge >= 0.3 is 0 Å². The van der Waals surface area contributed by atoms with E-state index < -0.39 is 0 Å². The standard InChI is InChI=1S/C21H25N3O3S/c1-15(25)24-7-6-19-16(14-24)12-20(28-19)21(26)23-10-8-22(9-11-23)17-4-3-5-18(13-17)27-2/h3-5,12-13H,6-11,14H2,1-2H3. The Kier molecular flexibility index (Phi) is 5.26. The van der Waals surface area contributed by atoms with Gasteiger partial charge in [0, 0.05) is 62.8 Å². The van der Waals surface area contributed by atoms with Crippen LogP contribution in [0.3, 0.4) is 0 Å². The Bertz CT molecular complexity index is 887. The molecule has 7 heteroatoms. The smallest absolute Gasteiger partial charge is 0.264 e. The maximum absolute atomic E-state index is 13.0. The summed E-state index contributed by atoms with van der Waals surface area (Å²) in [5, 5.41) is 0. The highest BCUT2D eigenvalue weighted by Gasteiger charge is 2.27. The molecule has 28 heavy (non-hydrogen) atoms. The predicted molar refractivity (Wildman–Crippen MR) is 110 cm³/mol. The number of hydrogen-bond donors (Lipinski definition) is 0. The molecule has 0 aliphatic carbocycles. The molecule has 2 aliphatic rings. The van der Waals surface area contributed by atoms with E-state index in [-0.39, 0.29) is 11.8 Å². The molecule has 1 aromatic carbocycles. The Hall–Kier alpha value is -2.54.